The van der Waals surface area contributed by atoms with Crippen LogP contribution in [0.4, 0.5) is 0 Å². The molecular weight excluding hydrogens is 384 g/mol. The van der Waals surface area contributed by atoms with Gasteiger partial charge in [0.05, 0.1) is 12.3 Å². The van der Waals surface area contributed by atoms with E-state index in [2.05, 4.69) is 56.8 Å². The lowest BCUT2D eigenvalue weighted by atomic mass is 10.1. The highest BCUT2D eigenvalue weighted by molar-refractivity contribution is 8.00. The summed E-state index contributed by atoms with van der Waals surface area (Å²) in [5.74, 6) is 0.196. The maximum absolute atomic E-state index is 12.2. The molecule has 0 radical (unpaired) electrons. The van der Waals surface area contributed by atoms with Gasteiger partial charge in [-0.05, 0) is 18.1 Å². The number of amides is 1. The molecule has 1 N–H and O–H groups in total. The molecule has 146 valence electrons. The Morgan fingerprint density at radius 1 is 1.03 bits per heavy atom. The van der Waals surface area contributed by atoms with E-state index in [1.165, 1.54) is 23.7 Å². The van der Waals surface area contributed by atoms with Crippen LogP contribution in [-0.4, -0.2) is 36.6 Å². The van der Waals surface area contributed by atoms with Crippen molar-refractivity contribution in [2.75, 3.05) is 5.75 Å². The molecule has 0 aliphatic rings. The van der Waals surface area contributed by atoms with E-state index < -0.39 is 0 Å². The number of thioether (sulfide) groups is 1. The molecular formula is C21H20N6OS. The Kier molecular flexibility index (Phi) is 5.81. The molecule has 4 aromatic rings. The van der Waals surface area contributed by atoms with E-state index in [-0.39, 0.29) is 11.7 Å². The SMILES string of the molecule is Cc1ccc(Cn2nnc3c(SCC(=O)NCc4ccccc4)ncnc32)cc1. The number of carbonyl (C=O) groups excluding carboxylic acids is 1. The Balaban J connectivity index is 1.41. The first kappa shape index (κ1) is 19.1. The van der Waals surface area contributed by atoms with Crippen molar-refractivity contribution in [1.82, 2.24) is 30.3 Å². The topological polar surface area (TPSA) is 85.6 Å². The van der Waals surface area contributed by atoms with E-state index in [1.54, 1.807) is 4.68 Å². The second-order valence-electron chi connectivity index (χ2n) is 6.63. The molecule has 7 nitrogen and oxygen atoms in total. The lowest BCUT2D eigenvalue weighted by molar-refractivity contribution is -0.118. The number of aryl methyl sites for hydroxylation is 1. The highest BCUT2D eigenvalue weighted by Crippen LogP contribution is 2.22. The summed E-state index contributed by atoms with van der Waals surface area (Å²) in [7, 11) is 0. The third kappa shape index (κ3) is 4.78. The highest BCUT2D eigenvalue weighted by Gasteiger charge is 2.14. The number of rotatable bonds is 7. The second kappa shape index (κ2) is 8.83. The molecule has 2 aromatic carbocycles. The van der Waals surface area contributed by atoms with Crippen LogP contribution >= 0.6 is 11.8 Å². The normalized spacial score (nSPS) is 10.9. The molecule has 0 fully saturated rings. The maximum Gasteiger partial charge on any atom is 0.230 e. The number of benzene rings is 2. The van der Waals surface area contributed by atoms with Gasteiger partial charge in [-0.2, -0.15) is 0 Å². The first-order chi connectivity index (χ1) is 14.2. The van der Waals surface area contributed by atoms with Gasteiger partial charge in [0.1, 0.15) is 11.4 Å². The van der Waals surface area contributed by atoms with Crippen molar-refractivity contribution in [1.29, 1.82) is 0 Å². The van der Waals surface area contributed by atoms with Gasteiger partial charge in [0.2, 0.25) is 5.91 Å². The third-order valence-electron chi connectivity index (χ3n) is 4.39. The van der Waals surface area contributed by atoms with Crippen molar-refractivity contribution in [2.45, 2.75) is 25.0 Å². The zero-order valence-corrected chi connectivity index (χ0v) is 16.8. The van der Waals surface area contributed by atoms with E-state index in [0.29, 0.717) is 29.3 Å². The predicted octanol–water partition coefficient (Wildman–Crippen LogP) is 2.99. The Bertz CT molecular complexity index is 1110. The van der Waals surface area contributed by atoms with Crippen LogP contribution < -0.4 is 5.32 Å². The first-order valence-electron chi connectivity index (χ1n) is 9.22. The zero-order valence-electron chi connectivity index (χ0n) is 15.9. The summed E-state index contributed by atoms with van der Waals surface area (Å²) in [6.07, 6.45) is 1.49. The minimum atomic E-state index is -0.0577. The van der Waals surface area contributed by atoms with E-state index >= 15 is 0 Å². The largest absolute Gasteiger partial charge is 0.351 e. The Morgan fingerprint density at radius 3 is 2.62 bits per heavy atom. The Labute approximate surface area is 172 Å². The minimum absolute atomic E-state index is 0.0577. The molecule has 0 saturated carbocycles. The van der Waals surface area contributed by atoms with Crippen molar-refractivity contribution in [2.24, 2.45) is 0 Å². The molecule has 0 atom stereocenters. The molecule has 0 spiro atoms. The lowest BCUT2D eigenvalue weighted by Gasteiger charge is -2.05. The molecule has 0 unspecified atom stereocenters. The summed E-state index contributed by atoms with van der Waals surface area (Å²) in [4.78, 5) is 20.8. The monoisotopic (exact) mass is 404 g/mol. The summed E-state index contributed by atoms with van der Waals surface area (Å²) in [5, 5.41) is 12.0. The fourth-order valence-corrected chi connectivity index (χ4v) is 3.59. The molecule has 8 heteroatoms. The van der Waals surface area contributed by atoms with Gasteiger partial charge in [-0.25, -0.2) is 14.6 Å². The number of nitrogens with zero attached hydrogens (tertiary/aromatic N) is 5. The molecule has 0 saturated heterocycles. The summed E-state index contributed by atoms with van der Waals surface area (Å²) in [5.41, 5.74) is 4.67. The molecule has 29 heavy (non-hydrogen) atoms. The fraction of sp³-hybridized carbons (Fsp3) is 0.190. The van der Waals surface area contributed by atoms with Gasteiger partial charge in [0, 0.05) is 6.54 Å². The average molecular weight is 404 g/mol. The lowest BCUT2D eigenvalue weighted by Crippen LogP contribution is -2.24. The standard InChI is InChI=1S/C21H20N6OS/c1-15-7-9-17(10-8-15)12-27-20-19(25-26-27)21(24-14-23-20)29-13-18(28)22-11-16-5-3-2-4-6-16/h2-10,14H,11-13H2,1H3,(H,22,28). The summed E-state index contributed by atoms with van der Waals surface area (Å²) >= 11 is 1.34. The summed E-state index contributed by atoms with van der Waals surface area (Å²) in [6.45, 7) is 3.14. The highest BCUT2D eigenvalue weighted by atomic mass is 32.2. The van der Waals surface area contributed by atoms with Crippen molar-refractivity contribution in [3.8, 4) is 0 Å². The van der Waals surface area contributed by atoms with Gasteiger partial charge < -0.3 is 5.32 Å². The van der Waals surface area contributed by atoms with Crippen LogP contribution in [0.25, 0.3) is 11.2 Å². The molecule has 1 amide bonds. The molecule has 0 bridgehead atoms. The average Bonchev–Trinajstić information content (AvgIpc) is 3.16. The Morgan fingerprint density at radius 2 is 1.83 bits per heavy atom. The van der Waals surface area contributed by atoms with Gasteiger partial charge in [-0.15, -0.1) is 5.10 Å². The van der Waals surface area contributed by atoms with Crippen LogP contribution in [0.1, 0.15) is 16.7 Å². The van der Waals surface area contributed by atoms with Crippen molar-refractivity contribution >= 4 is 28.8 Å². The summed E-state index contributed by atoms with van der Waals surface area (Å²) in [6, 6.07) is 18.1. The number of fused-ring (bicyclic) bond motifs is 1. The van der Waals surface area contributed by atoms with Crippen molar-refractivity contribution in [3.05, 3.63) is 77.6 Å². The first-order valence-corrected chi connectivity index (χ1v) is 10.2. The van der Waals surface area contributed by atoms with Gasteiger partial charge in [0.15, 0.2) is 11.2 Å². The minimum Gasteiger partial charge on any atom is -0.351 e. The number of hydrogen-bond acceptors (Lipinski definition) is 6. The predicted molar refractivity (Wildman–Crippen MR) is 112 cm³/mol. The smallest absolute Gasteiger partial charge is 0.230 e. The van der Waals surface area contributed by atoms with E-state index in [1.807, 2.05) is 30.3 Å². The number of aromatic nitrogens is 5. The van der Waals surface area contributed by atoms with Crippen LogP contribution in [0.3, 0.4) is 0 Å². The van der Waals surface area contributed by atoms with Crippen LogP contribution in [0.2, 0.25) is 0 Å². The van der Waals surface area contributed by atoms with Crippen LogP contribution in [0, 0.1) is 6.92 Å². The maximum atomic E-state index is 12.2. The molecule has 0 aliphatic heterocycles. The molecule has 0 aliphatic carbocycles. The van der Waals surface area contributed by atoms with Gasteiger partial charge in [-0.1, -0.05) is 77.1 Å². The second-order valence-corrected chi connectivity index (χ2v) is 7.60. The quantitative estimate of drug-likeness (QED) is 0.376. The summed E-state index contributed by atoms with van der Waals surface area (Å²) < 4.78 is 1.75. The number of carbonyl (C=O) groups is 1. The number of hydrogen-bond donors (Lipinski definition) is 1. The van der Waals surface area contributed by atoms with Crippen molar-refractivity contribution < 1.29 is 4.79 Å². The van der Waals surface area contributed by atoms with Crippen LogP contribution in [-0.2, 0) is 17.9 Å². The van der Waals surface area contributed by atoms with Crippen LogP contribution in [0.15, 0.2) is 66.0 Å². The van der Waals surface area contributed by atoms with Gasteiger partial charge in [-0.3, -0.25) is 4.79 Å². The number of nitrogens with one attached hydrogen (secondary N) is 1. The Hall–Kier alpha value is -3.26. The molecule has 4 rings (SSSR count). The molecule has 2 aromatic heterocycles. The third-order valence-corrected chi connectivity index (χ3v) is 5.37. The van der Waals surface area contributed by atoms with E-state index in [0.717, 1.165) is 11.1 Å². The van der Waals surface area contributed by atoms with Gasteiger partial charge >= 0.3 is 0 Å². The van der Waals surface area contributed by atoms with E-state index in [9.17, 15) is 4.79 Å². The zero-order chi connectivity index (χ0) is 20.1. The fourth-order valence-electron chi connectivity index (χ4n) is 2.83. The van der Waals surface area contributed by atoms with E-state index in [4.69, 9.17) is 0 Å². The van der Waals surface area contributed by atoms with Crippen molar-refractivity contribution in [3.63, 3.8) is 0 Å². The molecule has 2 heterocycles. The van der Waals surface area contributed by atoms with Gasteiger partial charge in [0.25, 0.3) is 0 Å². The van der Waals surface area contributed by atoms with Crippen LogP contribution in [0.5, 0.6) is 0 Å².